The van der Waals surface area contributed by atoms with Crippen LogP contribution in [0, 0.1) is 0 Å². The molecule has 0 aliphatic rings. The molecule has 0 heterocycles. The van der Waals surface area contributed by atoms with Gasteiger partial charge in [-0.05, 0) is 24.1 Å². The molecule has 1 nitrogen and oxygen atoms in total. The predicted molar refractivity (Wildman–Crippen MR) is 49.1 cm³/mol. The van der Waals surface area contributed by atoms with Crippen molar-refractivity contribution in [2.24, 2.45) is 5.73 Å². The molecular weight excluding hydrogens is 177 g/mol. The standard InChI is InChI=1S/C9H11ClFN/c10-8-3-1-7(2-4-8)5-9(12)6-11/h1-4,9H,5-6,12H2/t9-/m0/s1. The van der Waals surface area contributed by atoms with E-state index in [1.807, 2.05) is 12.1 Å². The molecule has 0 aliphatic heterocycles. The van der Waals surface area contributed by atoms with Crippen molar-refractivity contribution in [1.82, 2.24) is 0 Å². The summed E-state index contributed by atoms with van der Waals surface area (Å²) in [5, 5.41) is 0.688. The van der Waals surface area contributed by atoms with Crippen LogP contribution in [0.1, 0.15) is 5.56 Å². The second kappa shape index (κ2) is 4.43. The highest BCUT2D eigenvalue weighted by Crippen LogP contribution is 2.10. The summed E-state index contributed by atoms with van der Waals surface area (Å²) in [6.07, 6.45) is 0.563. The van der Waals surface area contributed by atoms with Crippen molar-refractivity contribution in [2.75, 3.05) is 6.67 Å². The van der Waals surface area contributed by atoms with Gasteiger partial charge in [0.25, 0.3) is 0 Å². The largest absolute Gasteiger partial charge is 0.325 e. The normalized spacial score (nSPS) is 12.9. The first-order valence-corrected chi connectivity index (χ1v) is 4.16. The molecule has 0 amide bonds. The first kappa shape index (κ1) is 9.49. The van der Waals surface area contributed by atoms with Crippen molar-refractivity contribution in [3.05, 3.63) is 34.9 Å². The lowest BCUT2D eigenvalue weighted by Crippen LogP contribution is -2.24. The maximum absolute atomic E-state index is 12.0. The fourth-order valence-electron chi connectivity index (χ4n) is 0.978. The van der Waals surface area contributed by atoms with Gasteiger partial charge in [0.2, 0.25) is 0 Å². The fourth-order valence-corrected chi connectivity index (χ4v) is 1.10. The van der Waals surface area contributed by atoms with E-state index in [0.717, 1.165) is 5.56 Å². The summed E-state index contributed by atoms with van der Waals surface area (Å²) < 4.78 is 12.0. The van der Waals surface area contributed by atoms with Crippen molar-refractivity contribution in [3.63, 3.8) is 0 Å². The highest BCUT2D eigenvalue weighted by molar-refractivity contribution is 6.30. The minimum atomic E-state index is -0.484. The average molecular weight is 188 g/mol. The van der Waals surface area contributed by atoms with Gasteiger partial charge in [-0.15, -0.1) is 0 Å². The molecule has 0 saturated heterocycles. The molecule has 3 heteroatoms. The number of halogens is 2. The van der Waals surface area contributed by atoms with Gasteiger partial charge in [-0.25, -0.2) is 4.39 Å². The van der Waals surface area contributed by atoms with Crippen molar-refractivity contribution in [1.29, 1.82) is 0 Å². The van der Waals surface area contributed by atoms with Gasteiger partial charge in [0, 0.05) is 11.1 Å². The van der Waals surface area contributed by atoms with E-state index in [1.54, 1.807) is 12.1 Å². The molecule has 0 radical (unpaired) electrons. The van der Waals surface area contributed by atoms with E-state index in [4.69, 9.17) is 17.3 Å². The molecular formula is C9H11ClFN. The lowest BCUT2D eigenvalue weighted by atomic mass is 10.1. The molecule has 0 saturated carbocycles. The number of hydrogen-bond donors (Lipinski definition) is 1. The topological polar surface area (TPSA) is 26.0 Å². The molecule has 66 valence electrons. The van der Waals surface area contributed by atoms with Crippen LogP contribution in [-0.2, 0) is 6.42 Å². The summed E-state index contributed by atoms with van der Waals surface area (Å²) in [5.41, 5.74) is 6.45. The van der Waals surface area contributed by atoms with Gasteiger partial charge < -0.3 is 5.73 Å². The van der Waals surface area contributed by atoms with Crippen LogP contribution in [0.25, 0.3) is 0 Å². The molecule has 0 bridgehead atoms. The predicted octanol–water partition coefficient (Wildman–Crippen LogP) is 2.18. The van der Waals surface area contributed by atoms with Crippen LogP contribution in [-0.4, -0.2) is 12.7 Å². The first-order chi connectivity index (χ1) is 5.72. The van der Waals surface area contributed by atoms with Crippen LogP contribution < -0.4 is 5.73 Å². The Labute approximate surface area is 76.3 Å². The van der Waals surface area contributed by atoms with Crippen LogP contribution in [0.4, 0.5) is 4.39 Å². The molecule has 1 rings (SSSR count). The van der Waals surface area contributed by atoms with Gasteiger partial charge >= 0.3 is 0 Å². The minimum absolute atomic E-state index is 0.397. The molecule has 0 unspecified atom stereocenters. The van der Waals surface area contributed by atoms with Gasteiger partial charge in [-0.2, -0.15) is 0 Å². The number of alkyl halides is 1. The fraction of sp³-hybridized carbons (Fsp3) is 0.333. The third kappa shape index (κ3) is 2.80. The average Bonchev–Trinajstić information content (AvgIpc) is 2.09. The van der Waals surface area contributed by atoms with Crippen LogP contribution in [0.15, 0.2) is 24.3 Å². The number of benzene rings is 1. The van der Waals surface area contributed by atoms with Gasteiger partial charge in [0.1, 0.15) is 6.67 Å². The zero-order valence-corrected chi connectivity index (χ0v) is 7.39. The monoisotopic (exact) mass is 187 g/mol. The zero-order valence-electron chi connectivity index (χ0n) is 6.63. The van der Waals surface area contributed by atoms with Crippen LogP contribution >= 0.6 is 11.6 Å². The van der Waals surface area contributed by atoms with Crippen molar-refractivity contribution in [2.45, 2.75) is 12.5 Å². The molecule has 0 aromatic heterocycles. The summed E-state index contributed by atoms with van der Waals surface area (Å²) in [5.74, 6) is 0. The molecule has 2 N–H and O–H groups in total. The highest BCUT2D eigenvalue weighted by atomic mass is 35.5. The third-order valence-corrected chi connectivity index (χ3v) is 1.86. The molecule has 12 heavy (non-hydrogen) atoms. The second-order valence-electron chi connectivity index (χ2n) is 2.74. The third-order valence-electron chi connectivity index (χ3n) is 1.61. The maximum Gasteiger partial charge on any atom is 0.105 e. The molecule has 1 aromatic carbocycles. The lowest BCUT2D eigenvalue weighted by Gasteiger charge is -2.06. The van der Waals surface area contributed by atoms with E-state index >= 15 is 0 Å². The van der Waals surface area contributed by atoms with Crippen molar-refractivity contribution >= 4 is 11.6 Å². The van der Waals surface area contributed by atoms with Gasteiger partial charge in [-0.3, -0.25) is 0 Å². The number of nitrogens with two attached hydrogens (primary N) is 1. The van der Waals surface area contributed by atoms with E-state index in [2.05, 4.69) is 0 Å². The summed E-state index contributed by atoms with van der Waals surface area (Å²) in [4.78, 5) is 0. The van der Waals surface area contributed by atoms with Crippen LogP contribution in [0.5, 0.6) is 0 Å². The summed E-state index contributed by atoms with van der Waals surface area (Å²) in [6.45, 7) is -0.484. The Morgan fingerprint density at radius 1 is 1.33 bits per heavy atom. The maximum atomic E-state index is 12.0. The van der Waals surface area contributed by atoms with Crippen molar-refractivity contribution in [3.8, 4) is 0 Å². The van der Waals surface area contributed by atoms with Crippen LogP contribution in [0.3, 0.4) is 0 Å². The van der Waals surface area contributed by atoms with Gasteiger partial charge in [-0.1, -0.05) is 23.7 Å². The lowest BCUT2D eigenvalue weighted by molar-refractivity contribution is 0.427. The number of rotatable bonds is 3. The minimum Gasteiger partial charge on any atom is -0.325 e. The van der Waals surface area contributed by atoms with E-state index in [0.29, 0.717) is 11.4 Å². The Balaban J connectivity index is 2.58. The summed E-state index contributed by atoms with van der Waals surface area (Å²) in [6, 6.07) is 6.88. The summed E-state index contributed by atoms with van der Waals surface area (Å²) in [7, 11) is 0. The van der Waals surface area contributed by atoms with E-state index in [1.165, 1.54) is 0 Å². The Morgan fingerprint density at radius 2 is 1.92 bits per heavy atom. The molecule has 1 aromatic rings. The van der Waals surface area contributed by atoms with E-state index in [-0.39, 0.29) is 0 Å². The highest BCUT2D eigenvalue weighted by Gasteiger charge is 2.02. The first-order valence-electron chi connectivity index (χ1n) is 3.78. The quantitative estimate of drug-likeness (QED) is 0.772. The Hall–Kier alpha value is -0.600. The van der Waals surface area contributed by atoms with Crippen LogP contribution in [0.2, 0.25) is 5.02 Å². The van der Waals surface area contributed by atoms with Gasteiger partial charge in [0.15, 0.2) is 0 Å². The summed E-state index contributed by atoms with van der Waals surface area (Å²) >= 11 is 5.68. The van der Waals surface area contributed by atoms with E-state index < -0.39 is 12.7 Å². The molecule has 1 atom stereocenters. The smallest absolute Gasteiger partial charge is 0.105 e. The Kier molecular flexibility index (Phi) is 3.50. The Morgan fingerprint density at radius 3 is 2.42 bits per heavy atom. The second-order valence-corrected chi connectivity index (χ2v) is 3.18. The molecule has 0 spiro atoms. The zero-order chi connectivity index (χ0) is 8.97. The van der Waals surface area contributed by atoms with E-state index in [9.17, 15) is 4.39 Å². The Bertz CT molecular complexity index is 235. The SMILES string of the molecule is N[C@H](CF)Cc1ccc(Cl)cc1. The molecule has 0 aliphatic carbocycles. The number of hydrogen-bond acceptors (Lipinski definition) is 1. The molecule has 0 fully saturated rings. The van der Waals surface area contributed by atoms with Crippen molar-refractivity contribution < 1.29 is 4.39 Å². The van der Waals surface area contributed by atoms with Gasteiger partial charge in [0.05, 0.1) is 0 Å².